The molecule has 1 aromatic rings. The molecule has 1 rings (SSSR count). The van der Waals surface area contributed by atoms with Crippen LogP contribution in [0.1, 0.15) is 5.69 Å². The van der Waals surface area contributed by atoms with E-state index >= 15 is 0 Å². The van der Waals surface area contributed by atoms with Crippen LogP contribution >= 0.6 is 0 Å². The van der Waals surface area contributed by atoms with Crippen LogP contribution in [0, 0.1) is 0 Å². The standard InChI is InChI=1S/C10H16N6O2/c1-13-10-3-14-7(2-15-10)4-16(5-8(11)17)6-9(12)18/h2-3H,4-6H2,1H3,(H2,11,17)(H2,12,18)(H,13,15). The predicted octanol–water partition coefficient (Wildman–Crippen LogP) is -1.71. The number of primary amides is 2. The Labute approximate surface area is 104 Å². The second-order valence-electron chi connectivity index (χ2n) is 3.72. The molecule has 1 aromatic heterocycles. The van der Waals surface area contributed by atoms with Crippen LogP contribution < -0.4 is 16.8 Å². The number of amides is 2. The molecule has 0 saturated heterocycles. The number of aromatic nitrogens is 2. The van der Waals surface area contributed by atoms with E-state index in [1.54, 1.807) is 19.4 Å². The number of hydrogen-bond donors (Lipinski definition) is 3. The van der Waals surface area contributed by atoms with E-state index in [9.17, 15) is 9.59 Å². The third kappa shape index (κ3) is 4.74. The summed E-state index contributed by atoms with van der Waals surface area (Å²) < 4.78 is 0. The van der Waals surface area contributed by atoms with E-state index in [0.717, 1.165) is 0 Å². The van der Waals surface area contributed by atoms with Gasteiger partial charge in [-0.05, 0) is 0 Å². The molecule has 1 heterocycles. The van der Waals surface area contributed by atoms with E-state index in [1.807, 2.05) is 0 Å². The summed E-state index contributed by atoms with van der Waals surface area (Å²) in [4.78, 5) is 31.4. The van der Waals surface area contributed by atoms with Crippen LogP contribution in [0.4, 0.5) is 5.82 Å². The molecule has 0 aromatic carbocycles. The zero-order chi connectivity index (χ0) is 13.5. The number of anilines is 1. The third-order valence-corrected chi connectivity index (χ3v) is 2.11. The van der Waals surface area contributed by atoms with E-state index in [1.165, 1.54) is 4.90 Å². The fourth-order valence-corrected chi connectivity index (χ4v) is 1.40. The van der Waals surface area contributed by atoms with Crippen molar-refractivity contribution in [2.75, 3.05) is 25.5 Å². The molecule has 0 aliphatic rings. The largest absolute Gasteiger partial charge is 0.372 e. The van der Waals surface area contributed by atoms with Gasteiger partial charge in [-0.3, -0.25) is 19.5 Å². The Morgan fingerprint density at radius 2 is 1.83 bits per heavy atom. The first-order chi connectivity index (χ1) is 8.51. The number of hydrogen-bond acceptors (Lipinski definition) is 6. The molecule has 0 aliphatic carbocycles. The van der Waals surface area contributed by atoms with E-state index < -0.39 is 11.8 Å². The van der Waals surface area contributed by atoms with Crippen molar-refractivity contribution in [3.63, 3.8) is 0 Å². The molecule has 98 valence electrons. The minimum absolute atomic E-state index is 0.0571. The summed E-state index contributed by atoms with van der Waals surface area (Å²) in [6.45, 7) is 0.166. The van der Waals surface area contributed by atoms with Gasteiger partial charge in [0.05, 0.1) is 31.2 Å². The normalized spacial score (nSPS) is 10.3. The highest BCUT2D eigenvalue weighted by Crippen LogP contribution is 2.03. The van der Waals surface area contributed by atoms with E-state index in [0.29, 0.717) is 11.5 Å². The van der Waals surface area contributed by atoms with Gasteiger partial charge in [0.2, 0.25) is 11.8 Å². The van der Waals surface area contributed by atoms with Crippen LogP contribution in [0.25, 0.3) is 0 Å². The van der Waals surface area contributed by atoms with Gasteiger partial charge < -0.3 is 16.8 Å². The Kier molecular flexibility index (Phi) is 5.00. The summed E-state index contributed by atoms with van der Waals surface area (Å²) in [5, 5.41) is 2.84. The minimum Gasteiger partial charge on any atom is -0.372 e. The maximum absolute atomic E-state index is 10.9. The summed E-state index contributed by atoms with van der Waals surface area (Å²) in [5.74, 6) is -0.429. The van der Waals surface area contributed by atoms with Gasteiger partial charge in [0, 0.05) is 13.6 Å². The molecule has 18 heavy (non-hydrogen) atoms. The van der Waals surface area contributed by atoms with Gasteiger partial charge in [-0.2, -0.15) is 0 Å². The van der Waals surface area contributed by atoms with E-state index in [-0.39, 0.29) is 19.6 Å². The van der Waals surface area contributed by atoms with Gasteiger partial charge in [0.1, 0.15) is 5.82 Å². The molecule has 0 saturated carbocycles. The first-order valence-electron chi connectivity index (χ1n) is 5.29. The second kappa shape index (κ2) is 6.50. The molecule has 8 heteroatoms. The van der Waals surface area contributed by atoms with E-state index in [2.05, 4.69) is 15.3 Å². The van der Waals surface area contributed by atoms with Gasteiger partial charge in [-0.1, -0.05) is 0 Å². The lowest BCUT2D eigenvalue weighted by Gasteiger charge is -2.18. The van der Waals surface area contributed by atoms with Gasteiger partial charge in [-0.15, -0.1) is 0 Å². The van der Waals surface area contributed by atoms with Crippen LogP contribution in [-0.2, 0) is 16.1 Å². The molecule has 0 atom stereocenters. The van der Waals surface area contributed by atoms with Crippen LogP contribution in [-0.4, -0.2) is 46.8 Å². The fourth-order valence-electron chi connectivity index (χ4n) is 1.40. The third-order valence-electron chi connectivity index (χ3n) is 2.11. The summed E-state index contributed by atoms with van der Waals surface area (Å²) >= 11 is 0. The van der Waals surface area contributed by atoms with Crippen molar-refractivity contribution in [3.05, 3.63) is 18.1 Å². The quantitative estimate of drug-likeness (QED) is 0.530. The SMILES string of the molecule is CNc1cnc(CN(CC(N)=O)CC(N)=O)cn1. The van der Waals surface area contributed by atoms with Crippen LogP contribution in [0.3, 0.4) is 0 Å². The maximum Gasteiger partial charge on any atom is 0.231 e. The van der Waals surface area contributed by atoms with Gasteiger partial charge in [0.15, 0.2) is 0 Å². The lowest BCUT2D eigenvalue weighted by atomic mass is 10.3. The number of nitrogens with one attached hydrogen (secondary N) is 1. The Balaban J connectivity index is 2.68. The van der Waals surface area contributed by atoms with Gasteiger partial charge >= 0.3 is 0 Å². The summed E-state index contributed by atoms with van der Waals surface area (Å²) in [6, 6.07) is 0. The molecule has 5 N–H and O–H groups in total. The molecule has 0 bridgehead atoms. The Morgan fingerprint density at radius 3 is 2.22 bits per heavy atom. The molecular formula is C10H16N6O2. The number of carbonyl (C=O) groups excluding carboxylic acids is 2. The summed E-state index contributed by atoms with van der Waals surface area (Å²) in [6.07, 6.45) is 3.11. The van der Waals surface area contributed by atoms with Crippen LogP contribution in [0.2, 0.25) is 0 Å². The highest BCUT2D eigenvalue weighted by Gasteiger charge is 2.12. The van der Waals surface area contributed by atoms with Crippen LogP contribution in [0.15, 0.2) is 12.4 Å². The van der Waals surface area contributed by atoms with Crippen LogP contribution in [0.5, 0.6) is 0 Å². The molecule has 0 fully saturated rings. The van der Waals surface area contributed by atoms with Crippen molar-refractivity contribution < 1.29 is 9.59 Å². The number of nitrogens with two attached hydrogens (primary N) is 2. The van der Waals surface area contributed by atoms with Crippen molar-refractivity contribution in [1.29, 1.82) is 0 Å². The Morgan fingerprint density at radius 1 is 1.22 bits per heavy atom. The van der Waals surface area contributed by atoms with Gasteiger partial charge in [0.25, 0.3) is 0 Å². The van der Waals surface area contributed by atoms with Crippen molar-refractivity contribution in [2.24, 2.45) is 11.5 Å². The molecule has 8 nitrogen and oxygen atoms in total. The minimum atomic E-state index is -0.531. The summed E-state index contributed by atoms with van der Waals surface area (Å²) in [5.41, 5.74) is 10.8. The monoisotopic (exact) mass is 252 g/mol. The van der Waals surface area contributed by atoms with Crippen molar-refractivity contribution in [1.82, 2.24) is 14.9 Å². The maximum atomic E-state index is 10.9. The second-order valence-corrected chi connectivity index (χ2v) is 3.72. The highest BCUT2D eigenvalue weighted by atomic mass is 16.2. The Hall–Kier alpha value is -2.22. The lowest BCUT2D eigenvalue weighted by Crippen LogP contribution is -2.39. The van der Waals surface area contributed by atoms with Crippen molar-refractivity contribution >= 4 is 17.6 Å². The summed E-state index contributed by atoms with van der Waals surface area (Å²) in [7, 11) is 1.73. The first-order valence-corrected chi connectivity index (χ1v) is 5.29. The zero-order valence-corrected chi connectivity index (χ0v) is 10.1. The average molecular weight is 252 g/mol. The van der Waals surface area contributed by atoms with Crippen molar-refractivity contribution in [2.45, 2.75) is 6.54 Å². The number of carbonyl (C=O) groups is 2. The lowest BCUT2D eigenvalue weighted by molar-refractivity contribution is -0.122. The molecule has 0 radical (unpaired) electrons. The zero-order valence-electron chi connectivity index (χ0n) is 10.1. The van der Waals surface area contributed by atoms with Gasteiger partial charge in [-0.25, -0.2) is 4.98 Å². The molecular weight excluding hydrogens is 236 g/mol. The number of rotatable bonds is 7. The number of nitrogens with zero attached hydrogens (tertiary/aromatic N) is 3. The smallest absolute Gasteiger partial charge is 0.231 e. The molecule has 0 unspecified atom stereocenters. The first kappa shape index (κ1) is 13.8. The molecule has 2 amide bonds. The predicted molar refractivity (Wildman–Crippen MR) is 65.2 cm³/mol. The fraction of sp³-hybridized carbons (Fsp3) is 0.400. The molecule has 0 aliphatic heterocycles. The topological polar surface area (TPSA) is 127 Å². The van der Waals surface area contributed by atoms with Crippen molar-refractivity contribution in [3.8, 4) is 0 Å². The highest BCUT2D eigenvalue weighted by molar-refractivity contribution is 5.79. The molecule has 0 spiro atoms. The Bertz CT molecular complexity index is 403. The van der Waals surface area contributed by atoms with E-state index in [4.69, 9.17) is 11.5 Å². The average Bonchev–Trinajstić information content (AvgIpc) is 2.28.